The number of hydrogen-bond donors (Lipinski definition) is 0. The molecule has 22 heavy (non-hydrogen) atoms. The lowest BCUT2D eigenvalue weighted by Gasteiger charge is -2.45. The predicted octanol–water partition coefficient (Wildman–Crippen LogP) is 4.03. The number of benzene rings is 1. The number of methoxy groups -OCH3 is 2. The summed E-state index contributed by atoms with van der Waals surface area (Å²) in [6, 6.07) is 4.92. The highest BCUT2D eigenvalue weighted by molar-refractivity contribution is 6.17. The van der Waals surface area contributed by atoms with E-state index in [9.17, 15) is 0 Å². The van der Waals surface area contributed by atoms with Gasteiger partial charge < -0.3 is 9.47 Å². The van der Waals surface area contributed by atoms with Gasteiger partial charge >= 0.3 is 0 Å². The molecular weight excluding hydrogens is 298 g/mol. The Labute approximate surface area is 138 Å². The van der Waals surface area contributed by atoms with E-state index in [1.165, 1.54) is 36.9 Å². The number of rotatable bonds is 5. The molecule has 0 saturated carbocycles. The minimum atomic E-state index is 0.528. The molecule has 1 fully saturated rings. The first-order chi connectivity index (χ1) is 10.8. The van der Waals surface area contributed by atoms with Gasteiger partial charge in [0.1, 0.15) is 0 Å². The highest BCUT2D eigenvalue weighted by Crippen LogP contribution is 2.45. The van der Waals surface area contributed by atoms with Crippen LogP contribution in [-0.2, 0) is 6.42 Å². The van der Waals surface area contributed by atoms with Crippen LogP contribution >= 0.6 is 11.6 Å². The molecule has 122 valence electrons. The summed E-state index contributed by atoms with van der Waals surface area (Å²) in [5.74, 6) is 3.18. The third-order valence-corrected chi connectivity index (χ3v) is 5.47. The molecule has 0 aromatic heterocycles. The van der Waals surface area contributed by atoms with E-state index in [0.29, 0.717) is 12.0 Å². The van der Waals surface area contributed by atoms with Gasteiger partial charge in [0.2, 0.25) is 0 Å². The zero-order chi connectivity index (χ0) is 15.5. The van der Waals surface area contributed by atoms with Crippen LogP contribution in [0.5, 0.6) is 11.5 Å². The van der Waals surface area contributed by atoms with Crippen LogP contribution in [0.4, 0.5) is 0 Å². The molecule has 4 heteroatoms. The number of fused-ring (bicyclic) bond motifs is 3. The van der Waals surface area contributed by atoms with Crippen LogP contribution in [0.15, 0.2) is 12.1 Å². The Kier molecular flexibility index (Phi) is 5.14. The fourth-order valence-electron chi connectivity index (χ4n) is 4.19. The van der Waals surface area contributed by atoms with Crippen LogP contribution in [0, 0.1) is 5.92 Å². The van der Waals surface area contributed by atoms with Crippen molar-refractivity contribution in [2.45, 2.75) is 38.1 Å². The van der Waals surface area contributed by atoms with Gasteiger partial charge in [0, 0.05) is 18.5 Å². The molecule has 0 radical (unpaired) electrons. The van der Waals surface area contributed by atoms with E-state index in [1.54, 1.807) is 14.2 Å². The molecule has 0 bridgehead atoms. The Morgan fingerprint density at radius 3 is 2.68 bits per heavy atom. The first-order valence-electron chi connectivity index (χ1n) is 8.33. The lowest BCUT2D eigenvalue weighted by Crippen LogP contribution is -2.43. The zero-order valence-corrected chi connectivity index (χ0v) is 14.4. The molecule has 0 amide bonds. The fraction of sp³-hybridized carbons (Fsp3) is 0.667. The van der Waals surface area contributed by atoms with Crippen molar-refractivity contribution in [3.63, 3.8) is 0 Å². The van der Waals surface area contributed by atoms with E-state index >= 15 is 0 Å². The monoisotopic (exact) mass is 323 g/mol. The van der Waals surface area contributed by atoms with E-state index < -0.39 is 0 Å². The number of alkyl halides is 1. The van der Waals surface area contributed by atoms with Crippen molar-refractivity contribution >= 4 is 11.6 Å². The molecule has 1 saturated heterocycles. The quantitative estimate of drug-likeness (QED) is 0.764. The topological polar surface area (TPSA) is 21.7 Å². The van der Waals surface area contributed by atoms with Gasteiger partial charge in [-0.15, -0.1) is 11.6 Å². The van der Waals surface area contributed by atoms with Crippen LogP contribution in [-0.4, -0.2) is 38.1 Å². The smallest absolute Gasteiger partial charge is 0.161 e. The van der Waals surface area contributed by atoms with Gasteiger partial charge in [0.05, 0.1) is 14.2 Å². The van der Waals surface area contributed by atoms with Gasteiger partial charge in [0.25, 0.3) is 0 Å². The standard InChI is InChI=1S/C18H26ClNO2/c1-21-16-11-14-7-10-20-9-4-6-13(5-3-8-19)18(20)15(14)12-17(16)22-2/h11-13,18H,3-10H2,1-2H3/t13-,18-/m1/s1. The number of hydrogen-bond acceptors (Lipinski definition) is 3. The lowest BCUT2D eigenvalue weighted by molar-refractivity contribution is 0.0779. The molecule has 0 spiro atoms. The molecule has 2 aliphatic heterocycles. The van der Waals surface area contributed by atoms with E-state index in [4.69, 9.17) is 21.1 Å². The molecule has 0 N–H and O–H groups in total. The third-order valence-electron chi connectivity index (χ3n) is 5.20. The SMILES string of the molecule is COc1cc2c(cc1OC)[C@H]1[C@H](CCCCl)CCCN1CC2. The summed E-state index contributed by atoms with van der Waals surface area (Å²) in [5, 5.41) is 0. The van der Waals surface area contributed by atoms with Crippen molar-refractivity contribution < 1.29 is 9.47 Å². The number of ether oxygens (including phenoxy) is 2. The molecule has 1 aromatic carbocycles. The maximum atomic E-state index is 5.93. The molecule has 1 aromatic rings. The molecule has 2 atom stereocenters. The van der Waals surface area contributed by atoms with E-state index in [2.05, 4.69) is 17.0 Å². The summed E-state index contributed by atoms with van der Waals surface area (Å²) in [4.78, 5) is 2.66. The molecular formula is C18H26ClNO2. The van der Waals surface area contributed by atoms with E-state index in [-0.39, 0.29) is 0 Å². The van der Waals surface area contributed by atoms with Crippen molar-refractivity contribution in [3.05, 3.63) is 23.3 Å². The normalized spacial score (nSPS) is 24.5. The molecule has 0 aliphatic carbocycles. The van der Waals surface area contributed by atoms with E-state index in [1.807, 2.05) is 0 Å². The molecule has 3 nitrogen and oxygen atoms in total. The number of halogens is 1. The first kappa shape index (κ1) is 15.9. The minimum Gasteiger partial charge on any atom is -0.493 e. The van der Waals surface area contributed by atoms with Crippen LogP contribution in [0.2, 0.25) is 0 Å². The molecule has 2 heterocycles. The Balaban J connectivity index is 1.96. The number of piperidine rings is 1. The van der Waals surface area contributed by atoms with Crippen molar-refractivity contribution in [1.82, 2.24) is 4.90 Å². The van der Waals surface area contributed by atoms with Gasteiger partial charge in [-0.3, -0.25) is 4.90 Å². The maximum absolute atomic E-state index is 5.93. The van der Waals surface area contributed by atoms with Gasteiger partial charge in [0.15, 0.2) is 11.5 Å². The Morgan fingerprint density at radius 2 is 1.95 bits per heavy atom. The second-order valence-corrected chi connectivity index (χ2v) is 6.75. The van der Waals surface area contributed by atoms with Crippen LogP contribution in [0.25, 0.3) is 0 Å². The van der Waals surface area contributed by atoms with Crippen LogP contribution in [0.1, 0.15) is 42.9 Å². The largest absolute Gasteiger partial charge is 0.493 e. The third kappa shape index (κ3) is 2.93. The Hall–Kier alpha value is -0.930. The zero-order valence-electron chi connectivity index (χ0n) is 13.6. The van der Waals surface area contributed by atoms with Gasteiger partial charge in [-0.2, -0.15) is 0 Å². The van der Waals surface area contributed by atoms with Gasteiger partial charge in [-0.1, -0.05) is 0 Å². The number of nitrogens with zero attached hydrogens (tertiary/aromatic N) is 1. The highest BCUT2D eigenvalue weighted by atomic mass is 35.5. The molecule has 0 unspecified atom stereocenters. The first-order valence-corrected chi connectivity index (χ1v) is 8.86. The Morgan fingerprint density at radius 1 is 1.18 bits per heavy atom. The predicted molar refractivity (Wildman–Crippen MR) is 90.2 cm³/mol. The van der Waals surface area contributed by atoms with Gasteiger partial charge in [-0.05, 0) is 67.8 Å². The van der Waals surface area contributed by atoms with Crippen molar-refractivity contribution in [2.75, 3.05) is 33.2 Å². The maximum Gasteiger partial charge on any atom is 0.161 e. The van der Waals surface area contributed by atoms with Crippen molar-refractivity contribution in [3.8, 4) is 11.5 Å². The minimum absolute atomic E-state index is 0.528. The molecule has 3 rings (SSSR count). The fourth-order valence-corrected chi connectivity index (χ4v) is 4.34. The average Bonchev–Trinajstić information content (AvgIpc) is 2.58. The molecule has 2 aliphatic rings. The summed E-state index contributed by atoms with van der Waals surface area (Å²) >= 11 is 5.93. The summed E-state index contributed by atoms with van der Waals surface area (Å²) < 4.78 is 11.0. The summed E-state index contributed by atoms with van der Waals surface area (Å²) in [5.41, 5.74) is 2.87. The summed E-state index contributed by atoms with van der Waals surface area (Å²) in [7, 11) is 3.43. The Bertz CT molecular complexity index is 520. The summed E-state index contributed by atoms with van der Waals surface area (Å²) in [6.45, 7) is 2.38. The summed E-state index contributed by atoms with van der Waals surface area (Å²) in [6.07, 6.45) is 6.06. The van der Waals surface area contributed by atoms with Crippen LogP contribution < -0.4 is 9.47 Å². The van der Waals surface area contributed by atoms with E-state index in [0.717, 1.165) is 36.8 Å². The highest BCUT2D eigenvalue weighted by Gasteiger charge is 2.36. The van der Waals surface area contributed by atoms with Gasteiger partial charge in [-0.25, -0.2) is 0 Å². The van der Waals surface area contributed by atoms with Crippen molar-refractivity contribution in [2.24, 2.45) is 5.92 Å². The second-order valence-electron chi connectivity index (χ2n) is 6.37. The second kappa shape index (κ2) is 7.10. The lowest BCUT2D eigenvalue weighted by atomic mass is 9.77. The van der Waals surface area contributed by atoms with Crippen LogP contribution in [0.3, 0.4) is 0 Å². The van der Waals surface area contributed by atoms with Crippen molar-refractivity contribution in [1.29, 1.82) is 0 Å². The average molecular weight is 324 g/mol.